The molecule has 2 nitrogen and oxygen atoms in total. The van der Waals surface area contributed by atoms with E-state index >= 15 is 0 Å². The van der Waals surface area contributed by atoms with Crippen LogP contribution in [0.4, 0.5) is 0 Å². The molecule has 0 aromatic carbocycles. The molecule has 0 spiro atoms. The number of aliphatic hydroxyl groups is 1. The molecular weight excluding hydrogens is 150 g/mol. The first kappa shape index (κ1) is 10.0. The van der Waals surface area contributed by atoms with Crippen LogP contribution in [0.15, 0.2) is 0 Å². The first-order valence-corrected chi connectivity index (χ1v) is 5.04. The molecule has 72 valence electrons. The lowest BCUT2D eigenvalue weighted by atomic mass is 9.77. The Morgan fingerprint density at radius 3 is 2.42 bits per heavy atom. The standard InChI is InChI=1S/C10H21NO/c1-9(2)4-7-11-10(8-12)5-3-6-10/h9,11-12H,3-8H2,1-2H3. The maximum atomic E-state index is 9.14. The van der Waals surface area contributed by atoms with Crippen LogP contribution >= 0.6 is 0 Å². The number of rotatable bonds is 5. The minimum atomic E-state index is 0.106. The predicted octanol–water partition coefficient (Wildman–Crippen LogP) is 1.54. The van der Waals surface area contributed by atoms with Crippen molar-refractivity contribution in [2.75, 3.05) is 13.2 Å². The van der Waals surface area contributed by atoms with Gasteiger partial charge in [0.25, 0.3) is 0 Å². The average molecular weight is 171 g/mol. The van der Waals surface area contributed by atoms with Gasteiger partial charge in [0, 0.05) is 5.54 Å². The fourth-order valence-electron chi connectivity index (χ4n) is 1.62. The van der Waals surface area contributed by atoms with Gasteiger partial charge >= 0.3 is 0 Å². The highest BCUT2D eigenvalue weighted by Gasteiger charge is 2.35. The van der Waals surface area contributed by atoms with Gasteiger partial charge in [0.15, 0.2) is 0 Å². The topological polar surface area (TPSA) is 32.3 Å². The zero-order chi connectivity index (χ0) is 9.03. The first-order valence-electron chi connectivity index (χ1n) is 5.04. The SMILES string of the molecule is CC(C)CCNC1(CO)CCC1. The minimum absolute atomic E-state index is 0.106. The molecule has 0 aliphatic heterocycles. The summed E-state index contributed by atoms with van der Waals surface area (Å²) >= 11 is 0. The molecule has 1 fully saturated rings. The monoisotopic (exact) mass is 171 g/mol. The Morgan fingerprint density at radius 2 is 2.08 bits per heavy atom. The van der Waals surface area contributed by atoms with Gasteiger partial charge < -0.3 is 10.4 Å². The molecule has 0 aromatic rings. The number of hydrogen-bond acceptors (Lipinski definition) is 2. The molecule has 12 heavy (non-hydrogen) atoms. The molecule has 0 heterocycles. The van der Waals surface area contributed by atoms with Gasteiger partial charge in [-0.2, -0.15) is 0 Å². The summed E-state index contributed by atoms with van der Waals surface area (Å²) in [6.07, 6.45) is 4.79. The van der Waals surface area contributed by atoms with Crippen LogP contribution < -0.4 is 5.32 Å². The summed E-state index contributed by atoms with van der Waals surface area (Å²) < 4.78 is 0. The van der Waals surface area contributed by atoms with Crippen molar-refractivity contribution in [1.29, 1.82) is 0 Å². The van der Waals surface area contributed by atoms with Gasteiger partial charge in [-0.25, -0.2) is 0 Å². The van der Waals surface area contributed by atoms with Crippen molar-refractivity contribution >= 4 is 0 Å². The zero-order valence-corrected chi connectivity index (χ0v) is 8.27. The number of hydrogen-bond donors (Lipinski definition) is 2. The largest absolute Gasteiger partial charge is 0.394 e. The minimum Gasteiger partial charge on any atom is -0.394 e. The van der Waals surface area contributed by atoms with E-state index in [1.807, 2.05) is 0 Å². The van der Waals surface area contributed by atoms with Crippen LogP contribution in [0.1, 0.15) is 39.5 Å². The predicted molar refractivity (Wildman–Crippen MR) is 51.1 cm³/mol. The highest BCUT2D eigenvalue weighted by molar-refractivity contribution is 4.95. The summed E-state index contributed by atoms with van der Waals surface area (Å²) in [6.45, 7) is 5.82. The van der Waals surface area contributed by atoms with Crippen LogP contribution in [0.25, 0.3) is 0 Å². The fraction of sp³-hybridized carbons (Fsp3) is 1.00. The van der Waals surface area contributed by atoms with Crippen molar-refractivity contribution in [1.82, 2.24) is 5.32 Å². The van der Waals surface area contributed by atoms with Crippen molar-refractivity contribution in [2.45, 2.75) is 45.1 Å². The van der Waals surface area contributed by atoms with Gasteiger partial charge in [0.2, 0.25) is 0 Å². The van der Waals surface area contributed by atoms with E-state index in [0.717, 1.165) is 25.3 Å². The van der Waals surface area contributed by atoms with Crippen LogP contribution in [-0.4, -0.2) is 23.8 Å². The molecular formula is C10H21NO. The number of aliphatic hydroxyl groups excluding tert-OH is 1. The summed E-state index contributed by atoms with van der Waals surface area (Å²) in [5.74, 6) is 0.758. The molecule has 0 amide bonds. The summed E-state index contributed by atoms with van der Waals surface area (Å²) in [5, 5.41) is 12.6. The summed E-state index contributed by atoms with van der Waals surface area (Å²) in [4.78, 5) is 0. The zero-order valence-electron chi connectivity index (χ0n) is 8.27. The maximum Gasteiger partial charge on any atom is 0.0613 e. The molecule has 2 heteroatoms. The normalized spacial score (nSPS) is 21.0. The second-order valence-corrected chi connectivity index (χ2v) is 4.40. The van der Waals surface area contributed by atoms with Gasteiger partial charge in [-0.05, 0) is 38.1 Å². The van der Waals surface area contributed by atoms with E-state index in [1.54, 1.807) is 0 Å². The Hall–Kier alpha value is -0.0800. The van der Waals surface area contributed by atoms with E-state index in [4.69, 9.17) is 5.11 Å². The fourth-order valence-corrected chi connectivity index (χ4v) is 1.62. The van der Waals surface area contributed by atoms with Crippen LogP contribution in [0.2, 0.25) is 0 Å². The quantitative estimate of drug-likeness (QED) is 0.657. The lowest BCUT2D eigenvalue weighted by molar-refractivity contribution is 0.0879. The van der Waals surface area contributed by atoms with E-state index in [9.17, 15) is 0 Å². The highest BCUT2D eigenvalue weighted by Crippen LogP contribution is 2.31. The van der Waals surface area contributed by atoms with E-state index in [2.05, 4.69) is 19.2 Å². The summed E-state index contributed by atoms with van der Waals surface area (Å²) in [6, 6.07) is 0. The van der Waals surface area contributed by atoms with Crippen LogP contribution in [-0.2, 0) is 0 Å². The molecule has 1 rings (SSSR count). The molecule has 2 N–H and O–H groups in total. The van der Waals surface area contributed by atoms with Crippen molar-refractivity contribution in [3.8, 4) is 0 Å². The molecule has 1 saturated carbocycles. The van der Waals surface area contributed by atoms with Crippen LogP contribution in [0, 0.1) is 5.92 Å². The average Bonchev–Trinajstić information content (AvgIpc) is 1.94. The summed E-state index contributed by atoms with van der Waals surface area (Å²) in [7, 11) is 0. The molecule has 0 saturated heterocycles. The second-order valence-electron chi connectivity index (χ2n) is 4.40. The van der Waals surface area contributed by atoms with E-state index in [0.29, 0.717) is 6.61 Å². The van der Waals surface area contributed by atoms with Gasteiger partial charge in [0.05, 0.1) is 6.61 Å². The Bertz CT molecular complexity index is 124. The third-order valence-electron chi connectivity index (χ3n) is 2.84. The van der Waals surface area contributed by atoms with Crippen molar-refractivity contribution in [2.24, 2.45) is 5.92 Å². The molecule has 0 radical (unpaired) electrons. The second kappa shape index (κ2) is 4.24. The highest BCUT2D eigenvalue weighted by atomic mass is 16.3. The lowest BCUT2D eigenvalue weighted by Crippen LogP contribution is -2.54. The van der Waals surface area contributed by atoms with Gasteiger partial charge in [-0.15, -0.1) is 0 Å². The Balaban J connectivity index is 2.12. The molecule has 1 aliphatic rings. The Labute approximate surface area is 75.4 Å². The van der Waals surface area contributed by atoms with Crippen molar-refractivity contribution < 1.29 is 5.11 Å². The molecule has 0 atom stereocenters. The molecule has 1 aliphatic carbocycles. The van der Waals surface area contributed by atoms with Crippen molar-refractivity contribution in [3.63, 3.8) is 0 Å². The first-order chi connectivity index (χ1) is 5.68. The van der Waals surface area contributed by atoms with Crippen LogP contribution in [0.3, 0.4) is 0 Å². The van der Waals surface area contributed by atoms with Gasteiger partial charge in [-0.1, -0.05) is 13.8 Å². The van der Waals surface area contributed by atoms with E-state index in [1.165, 1.54) is 12.8 Å². The molecule has 0 aromatic heterocycles. The van der Waals surface area contributed by atoms with E-state index < -0.39 is 0 Å². The van der Waals surface area contributed by atoms with Gasteiger partial charge in [-0.3, -0.25) is 0 Å². The number of nitrogens with one attached hydrogen (secondary N) is 1. The molecule has 0 unspecified atom stereocenters. The third-order valence-corrected chi connectivity index (χ3v) is 2.84. The Kier molecular flexibility index (Phi) is 3.53. The molecule has 0 bridgehead atoms. The summed E-state index contributed by atoms with van der Waals surface area (Å²) in [5.41, 5.74) is 0.106. The third kappa shape index (κ3) is 2.46. The van der Waals surface area contributed by atoms with E-state index in [-0.39, 0.29) is 5.54 Å². The Morgan fingerprint density at radius 1 is 1.42 bits per heavy atom. The lowest BCUT2D eigenvalue weighted by Gasteiger charge is -2.41. The van der Waals surface area contributed by atoms with Crippen LogP contribution in [0.5, 0.6) is 0 Å². The smallest absolute Gasteiger partial charge is 0.0613 e. The van der Waals surface area contributed by atoms with Gasteiger partial charge in [0.1, 0.15) is 0 Å². The maximum absolute atomic E-state index is 9.14. The van der Waals surface area contributed by atoms with Crippen molar-refractivity contribution in [3.05, 3.63) is 0 Å².